The van der Waals surface area contributed by atoms with Gasteiger partial charge >= 0.3 is 0 Å². The van der Waals surface area contributed by atoms with Gasteiger partial charge in [-0.3, -0.25) is 4.99 Å². The fourth-order valence-electron chi connectivity index (χ4n) is 1.70. The average molecular weight is 187 g/mol. The molecule has 0 radical (unpaired) electrons. The summed E-state index contributed by atoms with van der Waals surface area (Å²) in [6.45, 7) is 2.61. The number of aromatic nitrogens is 2. The van der Waals surface area contributed by atoms with E-state index in [1.54, 1.807) is 0 Å². The molecule has 0 bridgehead atoms. The van der Waals surface area contributed by atoms with E-state index in [9.17, 15) is 0 Å². The van der Waals surface area contributed by atoms with E-state index < -0.39 is 0 Å². The Morgan fingerprint density at radius 1 is 1.43 bits per heavy atom. The molecule has 1 aromatic heterocycles. The molecular weight excluding hydrogens is 178 g/mol. The number of imidazole rings is 1. The maximum Gasteiger partial charge on any atom is 0.177 e. The van der Waals surface area contributed by atoms with E-state index in [1.165, 1.54) is 6.40 Å². The quantitative estimate of drug-likeness (QED) is 0.683. The van der Waals surface area contributed by atoms with Gasteiger partial charge in [0.1, 0.15) is 11.3 Å². The molecule has 0 saturated heterocycles. The minimum Gasteiger partial charge on any atom is -0.443 e. The summed E-state index contributed by atoms with van der Waals surface area (Å²) in [5.74, 6) is 1.74. The van der Waals surface area contributed by atoms with E-state index in [4.69, 9.17) is 4.74 Å². The van der Waals surface area contributed by atoms with Crippen LogP contribution in [0.1, 0.15) is 11.4 Å². The number of aryl methyl sites for hydroxylation is 1. The third-order valence-electron chi connectivity index (χ3n) is 2.31. The van der Waals surface area contributed by atoms with Crippen molar-refractivity contribution in [3.63, 3.8) is 0 Å². The number of benzene rings is 1. The van der Waals surface area contributed by atoms with Crippen LogP contribution in [-0.2, 0) is 6.54 Å². The van der Waals surface area contributed by atoms with E-state index in [2.05, 4.69) is 15.0 Å². The fraction of sp³-hybridized carbons (Fsp3) is 0.200. The van der Waals surface area contributed by atoms with Gasteiger partial charge in [-0.05, 0) is 13.0 Å². The molecule has 0 atom stereocenters. The molecule has 0 aliphatic carbocycles. The number of nitrogens with zero attached hydrogens (tertiary/aromatic N) is 2. The van der Waals surface area contributed by atoms with Crippen molar-refractivity contribution in [2.24, 2.45) is 4.99 Å². The number of fused-ring (bicyclic) bond motifs is 3. The Morgan fingerprint density at radius 3 is 3.29 bits per heavy atom. The Morgan fingerprint density at radius 2 is 2.36 bits per heavy atom. The molecule has 0 saturated carbocycles. The first-order chi connectivity index (χ1) is 6.84. The number of rotatable bonds is 0. The van der Waals surface area contributed by atoms with Gasteiger partial charge in [-0.1, -0.05) is 6.07 Å². The lowest BCUT2D eigenvalue weighted by atomic mass is 10.1. The summed E-state index contributed by atoms with van der Waals surface area (Å²) >= 11 is 0. The summed E-state index contributed by atoms with van der Waals surface area (Å²) in [4.78, 5) is 11.6. The van der Waals surface area contributed by atoms with Crippen LogP contribution in [0, 0.1) is 6.92 Å². The minimum absolute atomic E-state index is 0.678. The van der Waals surface area contributed by atoms with Crippen molar-refractivity contribution in [3.05, 3.63) is 23.5 Å². The first-order valence-corrected chi connectivity index (χ1v) is 4.48. The van der Waals surface area contributed by atoms with Crippen molar-refractivity contribution in [1.82, 2.24) is 9.97 Å². The van der Waals surface area contributed by atoms with Crippen LogP contribution in [-0.4, -0.2) is 16.4 Å². The van der Waals surface area contributed by atoms with Crippen LogP contribution in [0.2, 0.25) is 0 Å². The van der Waals surface area contributed by atoms with Gasteiger partial charge in [0.05, 0.1) is 12.1 Å². The molecule has 1 N–H and O–H groups in total. The van der Waals surface area contributed by atoms with Crippen LogP contribution < -0.4 is 4.74 Å². The highest BCUT2D eigenvalue weighted by molar-refractivity contribution is 5.85. The minimum atomic E-state index is 0.678. The average Bonchev–Trinajstić information content (AvgIpc) is 2.59. The number of H-pyrrole nitrogens is 1. The molecular formula is C10H9N3O. The van der Waals surface area contributed by atoms with Crippen LogP contribution in [0.15, 0.2) is 17.1 Å². The van der Waals surface area contributed by atoms with Crippen molar-refractivity contribution in [2.75, 3.05) is 0 Å². The predicted octanol–water partition coefficient (Wildman–Crippen LogP) is 1.79. The summed E-state index contributed by atoms with van der Waals surface area (Å²) in [6.07, 6.45) is 1.48. The molecule has 0 fully saturated rings. The molecule has 0 amide bonds. The monoisotopic (exact) mass is 187 g/mol. The number of aromatic amines is 1. The van der Waals surface area contributed by atoms with Crippen LogP contribution in [0.25, 0.3) is 11.0 Å². The molecule has 4 nitrogen and oxygen atoms in total. The summed E-state index contributed by atoms with van der Waals surface area (Å²) in [6, 6.07) is 4.03. The lowest BCUT2D eigenvalue weighted by molar-refractivity contribution is 0.551. The van der Waals surface area contributed by atoms with E-state index in [0.717, 1.165) is 28.2 Å². The van der Waals surface area contributed by atoms with Crippen molar-refractivity contribution >= 4 is 17.4 Å². The number of hydrogen-bond donors (Lipinski definition) is 1. The van der Waals surface area contributed by atoms with Crippen molar-refractivity contribution in [1.29, 1.82) is 0 Å². The maximum atomic E-state index is 5.38. The summed E-state index contributed by atoms with van der Waals surface area (Å²) in [5.41, 5.74) is 2.99. The second-order valence-corrected chi connectivity index (χ2v) is 3.34. The zero-order chi connectivity index (χ0) is 9.54. The number of nitrogens with one attached hydrogen (secondary N) is 1. The van der Waals surface area contributed by atoms with E-state index in [1.807, 2.05) is 19.1 Å². The maximum absolute atomic E-state index is 5.38. The number of hydrogen-bond acceptors (Lipinski definition) is 3. The SMILES string of the molecule is Cc1nc2c3c(ccc2[nH]1)CN=CO3. The normalized spacial score (nSPS) is 14.1. The van der Waals surface area contributed by atoms with Gasteiger partial charge in [0.15, 0.2) is 12.2 Å². The van der Waals surface area contributed by atoms with Crippen molar-refractivity contribution in [2.45, 2.75) is 13.5 Å². The van der Waals surface area contributed by atoms with Crippen molar-refractivity contribution < 1.29 is 4.74 Å². The largest absolute Gasteiger partial charge is 0.443 e. The molecule has 4 heteroatoms. The summed E-state index contributed by atoms with van der Waals surface area (Å²) in [5, 5.41) is 0. The van der Waals surface area contributed by atoms with Gasteiger partial charge in [-0.25, -0.2) is 4.98 Å². The Bertz CT molecular complexity index is 527. The third kappa shape index (κ3) is 0.937. The van der Waals surface area contributed by atoms with Gasteiger partial charge < -0.3 is 9.72 Å². The van der Waals surface area contributed by atoms with Gasteiger partial charge in [0.25, 0.3) is 0 Å². The molecule has 70 valence electrons. The van der Waals surface area contributed by atoms with Crippen LogP contribution in [0.4, 0.5) is 0 Å². The van der Waals surface area contributed by atoms with Crippen molar-refractivity contribution in [3.8, 4) is 5.75 Å². The van der Waals surface area contributed by atoms with Gasteiger partial charge in [-0.15, -0.1) is 0 Å². The Labute approximate surface area is 80.6 Å². The van der Waals surface area contributed by atoms with Gasteiger partial charge in [-0.2, -0.15) is 0 Å². The highest BCUT2D eigenvalue weighted by atomic mass is 16.5. The molecule has 14 heavy (non-hydrogen) atoms. The molecule has 0 unspecified atom stereocenters. The molecule has 1 aliphatic heterocycles. The van der Waals surface area contributed by atoms with Gasteiger partial charge in [0, 0.05) is 5.56 Å². The molecule has 1 aromatic carbocycles. The second-order valence-electron chi connectivity index (χ2n) is 3.34. The third-order valence-corrected chi connectivity index (χ3v) is 2.31. The summed E-state index contributed by atoms with van der Waals surface area (Å²) in [7, 11) is 0. The Hall–Kier alpha value is -1.84. The Kier molecular flexibility index (Phi) is 1.39. The second kappa shape index (κ2) is 2.57. The standard InChI is InChI=1S/C10H9N3O/c1-6-12-8-3-2-7-4-11-5-14-10(7)9(8)13-6/h2-3,5H,4H2,1H3,(H,12,13). The van der Waals surface area contributed by atoms with E-state index in [0.29, 0.717) is 6.54 Å². The van der Waals surface area contributed by atoms with E-state index in [-0.39, 0.29) is 0 Å². The van der Waals surface area contributed by atoms with Crippen LogP contribution >= 0.6 is 0 Å². The Balaban J connectivity index is 2.36. The number of aliphatic imine (C=N–C) groups is 1. The predicted molar refractivity (Wildman–Crippen MR) is 53.7 cm³/mol. The highest BCUT2D eigenvalue weighted by Gasteiger charge is 2.13. The lowest BCUT2D eigenvalue weighted by Gasteiger charge is -2.10. The lowest BCUT2D eigenvalue weighted by Crippen LogP contribution is -2.01. The highest BCUT2D eigenvalue weighted by Crippen LogP contribution is 2.30. The first-order valence-electron chi connectivity index (χ1n) is 4.48. The van der Waals surface area contributed by atoms with Gasteiger partial charge in [0.2, 0.25) is 0 Å². The molecule has 3 rings (SSSR count). The van der Waals surface area contributed by atoms with E-state index >= 15 is 0 Å². The first kappa shape index (κ1) is 7.55. The smallest absolute Gasteiger partial charge is 0.177 e. The molecule has 2 aromatic rings. The zero-order valence-electron chi connectivity index (χ0n) is 7.74. The molecule has 1 aliphatic rings. The van der Waals surface area contributed by atoms with Crippen LogP contribution in [0.5, 0.6) is 5.75 Å². The number of ether oxygens (including phenoxy) is 1. The molecule has 2 heterocycles. The van der Waals surface area contributed by atoms with Crippen LogP contribution in [0.3, 0.4) is 0 Å². The zero-order valence-corrected chi connectivity index (χ0v) is 7.74. The molecule has 0 spiro atoms. The fourth-order valence-corrected chi connectivity index (χ4v) is 1.70. The topological polar surface area (TPSA) is 50.3 Å². The summed E-state index contributed by atoms with van der Waals surface area (Å²) < 4.78 is 5.38.